The van der Waals surface area contributed by atoms with Gasteiger partial charge in [0.25, 0.3) is 0 Å². The van der Waals surface area contributed by atoms with Crippen molar-refractivity contribution in [1.82, 2.24) is 0 Å². The first-order valence-electron chi connectivity index (χ1n) is 61.7. The van der Waals surface area contributed by atoms with Crippen LogP contribution in [0.4, 0.5) is 0 Å². The van der Waals surface area contributed by atoms with E-state index < -0.39 is 0 Å². The van der Waals surface area contributed by atoms with Crippen molar-refractivity contribution in [3.8, 4) is 0 Å². The Bertz CT molecular complexity index is 2540. The fraction of sp³-hybridized carbons (Fsp3) is 1.00. The minimum atomic E-state index is 0.528. The number of hydrogen-bond donors (Lipinski definition) is 0. The quantitative estimate of drug-likeness (QED) is 0.136. The maximum absolute atomic E-state index is 6.02. The van der Waals surface area contributed by atoms with Gasteiger partial charge in [-0.25, -0.2) is 0 Å². The molecule has 12 atom stereocenters. The molecule has 0 aromatic rings. The first-order valence-corrected chi connectivity index (χ1v) is 61.7. The summed E-state index contributed by atoms with van der Waals surface area (Å²) in [4.78, 5) is 0. The Morgan fingerprint density at radius 1 is 0.188 bits per heavy atom. The van der Waals surface area contributed by atoms with E-state index in [-0.39, 0.29) is 0 Å². The summed E-state index contributed by atoms with van der Waals surface area (Å²) in [5, 5.41) is 0. The second-order valence-electron chi connectivity index (χ2n) is 52.5. The molecule has 19 rings (SSSR count). The fourth-order valence-corrected chi connectivity index (χ4v) is 30.5. The first kappa shape index (κ1) is 135. The predicted molar refractivity (Wildman–Crippen MR) is 610 cm³/mol. The van der Waals surface area contributed by atoms with E-state index in [9.17, 15) is 0 Å². The Morgan fingerprint density at radius 2 is 0.406 bits per heavy atom. The highest BCUT2D eigenvalue weighted by Crippen LogP contribution is 2.79. The molecule has 0 spiro atoms. The molecular formula is C131H266O2. The smallest absolute Gasteiger partial charge is 0.0614 e. The van der Waals surface area contributed by atoms with Crippen LogP contribution < -0.4 is 0 Å². The second kappa shape index (κ2) is 63.4. The minimum absolute atomic E-state index is 0.528. The summed E-state index contributed by atoms with van der Waals surface area (Å²) in [7, 11) is 0. The van der Waals surface area contributed by atoms with E-state index in [4.69, 9.17) is 9.47 Å². The summed E-state index contributed by atoms with van der Waals surface area (Å²) >= 11 is 0. The van der Waals surface area contributed by atoms with Gasteiger partial charge in [-0.1, -0.05) is 380 Å². The van der Waals surface area contributed by atoms with Crippen LogP contribution in [0, 0.1) is 214 Å². The maximum Gasteiger partial charge on any atom is 0.0614 e. The van der Waals surface area contributed by atoms with Gasteiger partial charge >= 0.3 is 0 Å². The van der Waals surface area contributed by atoms with Crippen LogP contribution in [0.15, 0.2) is 0 Å². The van der Waals surface area contributed by atoms with Crippen molar-refractivity contribution < 1.29 is 9.47 Å². The van der Waals surface area contributed by atoms with Gasteiger partial charge in [-0.3, -0.25) is 0 Å². The van der Waals surface area contributed by atoms with E-state index in [1.54, 1.807) is 0 Å². The molecular weight excluding hydrogens is 1610 g/mol. The summed E-state index contributed by atoms with van der Waals surface area (Å²) in [6, 6.07) is 0. The minimum Gasteiger partial charge on any atom is -0.378 e. The van der Waals surface area contributed by atoms with Crippen LogP contribution >= 0.6 is 0 Å². The molecule has 802 valence electrons. The van der Waals surface area contributed by atoms with Gasteiger partial charge < -0.3 is 9.47 Å². The molecule has 19 aliphatic rings. The van der Waals surface area contributed by atoms with E-state index >= 15 is 0 Å². The Hall–Kier alpha value is -0.0800. The molecule has 19 fully saturated rings. The normalized spacial score (nSPS) is 36.1. The molecule has 14 bridgehead atoms. The van der Waals surface area contributed by atoms with Crippen LogP contribution in [0.25, 0.3) is 0 Å². The SMILES string of the molecule is CC.CC.CC.CC.CC.CC.CC.CC.CC.CC(C)C12CC(C(C)C)(C1)C2.CC(C)C12CCC(C(C)C)(C1)C2.CC(C)C12CCC(C(C)C)(CC1)C2.CC(C)C12CCC(C(C)C)(CC1)CC2.CC(C)C12CCCC(C(C)C)(CC1)C2.CC(C)C1CC2OC1CC2C(C)C.CC(C)C1CCC(C(C)C)CC1.CC(C)C1CCC(C(C)C)OC1.CC(C)C1C[C@H]2CC[C@@H](C1)C2C(C)C. The summed E-state index contributed by atoms with van der Waals surface area (Å²) in [6.07, 6.45) is 55.6. The Morgan fingerprint density at radius 3 is 0.594 bits per heavy atom. The third-order valence-corrected chi connectivity index (χ3v) is 42.1. The molecule has 0 radical (unpaired) electrons. The van der Waals surface area contributed by atoms with Crippen molar-refractivity contribution in [3.63, 3.8) is 0 Å². The van der Waals surface area contributed by atoms with Crippen molar-refractivity contribution >= 4 is 0 Å². The zero-order valence-electron chi connectivity index (χ0n) is 103. The third kappa shape index (κ3) is 35.1. The molecule has 2 nitrogen and oxygen atoms in total. The number of hydrogen-bond acceptors (Lipinski definition) is 2. The highest BCUT2D eigenvalue weighted by atomic mass is 16.5. The van der Waals surface area contributed by atoms with Crippen LogP contribution in [0.3, 0.4) is 0 Å². The molecule has 3 saturated heterocycles. The van der Waals surface area contributed by atoms with Gasteiger partial charge in [0.05, 0.1) is 24.9 Å². The average Bonchev–Trinajstić information content (AvgIpc) is 1.61. The molecule has 0 amide bonds. The van der Waals surface area contributed by atoms with E-state index in [1.165, 1.54) is 231 Å². The van der Waals surface area contributed by atoms with Crippen molar-refractivity contribution in [3.05, 3.63) is 0 Å². The number of rotatable bonds is 18. The monoisotopic (exact) mass is 1870 g/mol. The summed E-state index contributed by atoms with van der Waals surface area (Å²) in [5.41, 5.74) is 7.66. The zero-order chi connectivity index (χ0) is 104. The molecule has 10 unspecified atom stereocenters. The highest BCUT2D eigenvalue weighted by Gasteiger charge is 2.69. The molecule has 16 saturated carbocycles. The van der Waals surface area contributed by atoms with Gasteiger partial charge in [0.2, 0.25) is 0 Å². The van der Waals surface area contributed by atoms with Gasteiger partial charge in [-0.15, -0.1) is 0 Å². The standard InChI is InChI=1S/3C14H26.C13H24.C12H22O.C12H22.C12H24.C11H22O.C11H20.9C2H6/c1-11(2)13-5-8-14(9-6-13,10-7-13)12(3)4;1-9(2)13-7-11-5-6-12(8-13)14(11)10(3)4;1-11(2)13-6-5-7-14(10-13,9-8-13)12(3)4;1-10(2)12-5-7-13(9-12,8-6-12)11(3)4;1-7(2)9-5-12-10(8(3)4)6-11(9)13-12;1-9(2)11-5-6-12(7-11,8-11)10(3)4;1-9(2)11-5-7-12(8-6-11)10(3)4;1-8(2)10-5-6-11(9(3)4)12-7-10;1-8(2)10-5-11(6-10,7-10)9(3)4;9*1-2/h11-12H,5-10H2,1-4H3;9-14H,5-8H2,1-4H3;11-12H,5-10H2,1-4H3;10-11H,5-9H2,1-4H3;7-12H,5-6H2,1-4H3;9-10H,5-8H2,1-4H3;9-12H,5-8H2,1-4H3;8-11H,5-7H2,1-4H3;8-9H,5-7H2,1-4H3;9*1-2H3/t;11-,12+,13?,14?;;;;;;;;;;;;;;;;. The first-order chi connectivity index (χ1) is 62.4. The van der Waals surface area contributed by atoms with Gasteiger partial charge in [0, 0.05) is 0 Å². The van der Waals surface area contributed by atoms with Crippen molar-refractivity contribution in [2.45, 2.75) is 623 Å². The van der Waals surface area contributed by atoms with Crippen molar-refractivity contribution in [1.29, 1.82) is 0 Å². The maximum atomic E-state index is 6.02. The van der Waals surface area contributed by atoms with Crippen LogP contribution in [0.5, 0.6) is 0 Å². The van der Waals surface area contributed by atoms with Gasteiger partial charge in [0.15, 0.2) is 0 Å². The lowest BCUT2D eigenvalue weighted by atomic mass is 9.30. The Labute approximate surface area is 847 Å². The number of ether oxygens (including phenoxy) is 2. The van der Waals surface area contributed by atoms with Crippen LogP contribution in [-0.4, -0.2) is 24.9 Å². The lowest BCUT2D eigenvalue weighted by molar-refractivity contribution is -0.252. The van der Waals surface area contributed by atoms with Crippen molar-refractivity contribution in [2.75, 3.05) is 6.61 Å². The molecule has 0 aromatic heterocycles. The third-order valence-electron chi connectivity index (χ3n) is 42.1. The number of fused-ring (bicyclic) bond motifs is 12. The molecule has 0 N–H and O–H groups in total. The van der Waals surface area contributed by atoms with E-state index in [2.05, 4.69) is 249 Å². The van der Waals surface area contributed by atoms with Crippen LogP contribution in [0.2, 0.25) is 0 Å². The Balaban J connectivity index is 0. The molecule has 16 aliphatic carbocycles. The summed E-state index contributed by atoms with van der Waals surface area (Å²) in [5.74, 6) is 24.8. The van der Waals surface area contributed by atoms with Gasteiger partial charge in [0.1, 0.15) is 0 Å². The predicted octanol–water partition coefficient (Wildman–Crippen LogP) is 44.7. The van der Waals surface area contributed by atoms with Gasteiger partial charge in [-0.05, 0) is 439 Å². The molecule has 3 heterocycles. The lowest BCUT2D eigenvalue weighted by Crippen LogP contribution is -2.66. The van der Waals surface area contributed by atoms with E-state index in [1.807, 2.05) is 125 Å². The zero-order valence-corrected chi connectivity index (χ0v) is 103. The largest absolute Gasteiger partial charge is 0.378 e. The summed E-state index contributed by atoms with van der Waals surface area (Å²) in [6.45, 7) is 123. The van der Waals surface area contributed by atoms with Crippen LogP contribution in [-0.2, 0) is 9.47 Å². The summed E-state index contributed by atoms with van der Waals surface area (Å²) < 4.78 is 11.8. The molecule has 2 heteroatoms. The lowest BCUT2D eigenvalue weighted by Gasteiger charge is -2.75. The second-order valence-corrected chi connectivity index (χ2v) is 52.5. The fourth-order valence-electron chi connectivity index (χ4n) is 30.5. The molecule has 0 aromatic carbocycles. The van der Waals surface area contributed by atoms with Gasteiger partial charge in [-0.2, -0.15) is 0 Å². The van der Waals surface area contributed by atoms with E-state index in [0.29, 0.717) is 24.2 Å². The molecule has 3 aliphatic heterocycles. The topological polar surface area (TPSA) is 18.5 Å². The van der Waals surface area contributed by atoms with Crippen molar-refractivity contribution in [2.24, 2.45) is 214 Å². The average molecular weight is 1870 g/mol. The van der Waals surface area contributed by atoms with Crippen LogP contribution in [0.1, 0.15) is 605 Å². The highest BCUT2D eigenvalue weighted by molar-refractivity contribution is 5.19. The Kier molecular flexibility index (Phi) is 64.3. The molecule has 133 heavy (non-hydrogen) atoms. The van der Waals surface area contributed by atoms with E-state index in [0.717, 1.165) is 215 Å².